The van der Waals surface area contributed by atoms with E-state index in [2.05, 4.69) is 5.32 Å². The molecule has 0 bridgehead atoms. The van der Waals surface area contributed by atoms with Crippen molar-refractivity contribution >= 4 is 17.4 Å². The molecule has 0 heterocycles. The van der Waals surface area contributed by atoms with Gasteiger partial charge in [0.25, 0.3) is 5.91 Å². The summed E-state index contributed by atoms with van der Waals surface area (Å²) in [7, 11) is 0. The van der Waals surface area contributed by atoms with Crippen molar-refractivity contribution in [2.45, 2.75) is 26.7 Å². The van der Waals surface area contributed by atoms with Crippen LogP contribution in [0.5, 0.6) is 5.75 Å². The monoisotopic (exact) mass is 329 g/mol. The summed E-state index contributed by atoms with van der Waals surface area (Å²) in [6.45, 7) is 3.13. The van der Waals surface area contributed by atoms with Crippen LogP contribution in [0.15, 0.2) is 42.5 Å². The molecule has 5 heteroatoms. The summed E-state index contributed by atoms with van der Waals surface area (Å²) in [4.78, 5) is 22.8. The average molecular weight is 329 g/mol. The van der Waals surface area contributed by atoms with Crippen LogP contribution in [0.4, 0.5) is 10.1 Å². The summed E-state index contributed by atoms with van der Waals surface area (Å²) in [6, 6.07) is 11.8. The lowest BCUT2D eigenvalue weighted by atomic mass is 10.1. The maximum atomic E-state index is 13.7. The maximum absolute atomic E-state index is 13.7. The first-order valence-corrected chi connectivity index (χ1v) is 7.71. The molecule has 126 valence electrons. The number of aryl methyl sites for hydroxylation is 2. The quantitative estimate of drug-likeness (QED) is 0.843. The lowest BCUT2D eigenvalue weighted by Crippen LogP contribution is -2.20. The SMILES string of the molecule is CC(=O)CCc1ccc(OCC(=O)Nc2ccc(C)cc2F)cc1. The molecule has 4 nitrogen and oxygen atoms in total. The number of amides is 1. The topological polar surface area (TPSA) is 55.4 Å². The Morgan fingerprint density at radius 3 is 2.46 bits per heavy atom. The summed E-state index contributed by atoms with van der Waals surface area (Å²) < 4.78 is 19.1. The molecule has 0 aromatic heterocycles. The predicted molar refractivity (Wildman–Crippen MR) is 90.7 cm³/mol. The van der Waals surface area contributed by atoms with Gasteiger partial charge in [-0.1, -0.05) is 18.2 Å². The smallest absolute Gasteiger partial charge is 0.262 e. The summed E-state index contributed by atoms with van der Waals surface area (Å²) in [5, 5.41) is 2.48. The zero-order valence-electron chi connectivity index (χ0n) is 13.8. The largest absolute Gasteiger partial charge is 0.484 e. The number of halogens is 1. The predicted octanol–water partition coefficient (Wildman–Crippen LogP) is 3.67. The number of ketones is 1. The second kappa shape index (κ2) is 8.24. The molecule has 0 saturated carbocycles. The van der Waals surface area contributed by atoms with Gasteiger partial charge in [0.15, 0.2) is 6.61 Å². The Balaban J connectivity index is 1.84. The van der Waals surface area contributed by atoms with E-state index < -0.39 is 11.7 Å². The Kier molecular flexibility index (Phi) is 6.07. The highest BCUT2D eigenvalue weighted by molar-refractivity contribution is 5.92. The molecule has 0 aliphatic heterocycles. The van der Waals surface area contributed by atoms with Crippen molar-refractivity contribution in [1.82, 2.24) is 0 Å². The molecule has 0 atom stereocenters. The van der Waals surface area contributed by atoms with Gasteiger partial charge in [0.05, 0.1) is 5.69 Å². The number of carbonyl (C=O) groups is 2. The molecule has 1 amide bonds. The van der Waals surface area contributed by atoms with E-state index in [1.54, 1.807) is 32.0 Å². The molecular formula is C19H20FNO3. The van der Waals surface area contributed by atoms with E-state index in [0.29, 0.717) is 18.6 Å². The van der Waals surface area contributed by atoms with Crippen LogP contribution in [0.3, 0.4) is 0 Å². The summed E-state index contributed by atoms with van der Waals surface area (Å²) in [6.07, 6.45) is 1.19. The average Bonchev–Trinajstić information content (AvgIpc) is 2.54. The van der Waals surface area contributed by atoms with Crippen LogP contribution in [-0.4, -0.2) is 18.3 Å². The molecule has 1 N–H and O–H groups in total. The Morgan fingerprint density at radius 1 is 1.12 bits per heavy atom. The Labute approximate surface area is 140 Å². The van der Waals surface area contributed by atoms with Crippen molar-refractivity contribution in [3.63, 3.8) is 0 Å². The Morgan fingerprint density at radius 2 is 1.83 bits per heavy atom. The zero-order valence-corrected chi connectivity index (χ0v) is 13.8. The highest BCUT2D eigenvalue weighted by Gasteiger charge is 2.08. The van der Waals surface area contributed by atoms with Gasteiger partial charge >= 0.3 is 0 Å². The fourth-order valence-corrected chi connectivity index (χ4v) is 2.13. The molecule has 0 aliphatic rings. The molecule has 0 spiro atoms. The second-order valence-electron chi connectivity index (χ2n) is 5.67. The lowest BCUT2D eigenvalue weighted by Gasteiger charge is -2.09. The first-order chi connectivity index (χ1) is 11.4. The number of hydrogen-bond acceptors (Lipinski definition) is 3. The number of anilines is 1. The van der Waals surface area contributed by atoms with Gasteiger partial charge in [0, 0.05) is 6.42 Å². The van der Waals surface area contributed by atoms with E-state index in [-0.39, 0.29) is 18.1 Å². The number of nitrogens with one attached hydrogen (secondary N) is 1. The first kappa shape index (κ1) is 17.7. The van der Waals surface area contributed by atoms with Crippen molar-refractivity contribution in [2.75, 3.05) is 11.9 Å². The number of hydrogen-bond donors (Lipinski definition) is 1. The molecular weight excluding hydrogens is 309 g/mol. The van der Waals surface area contributed by atoms with Crippen LogP contribution in [0.1, 0.15) is 24.5 Å². The molecule has 2 aromatic carbocycles. The zero-order chi connectivity index (χ0) is 17.5. The molecule has 0 aliphatic carbocycles. The molecule has 2 aromatic rings. The van der Waals surface area contributed by atoms with Crippen LogP contribution in [-0.2, 0) is 16.0 Å². The van der Waals surface area contributed by atoms with E-state index in [4.69, 9.17) is 4.74 Å². The third kappa shape index (κ3) is 5.50. The van der Waals surface area contributed by atoms with E-state index >= 15 is 0 Å². The highest BCUT2D eigenvalue weighted by atomic mass is 19.1. The number of Topliss-reactive ketones (excluding diaryl/α,β-unsaturated/α-hetero) is 1. The lowest BCUT2D eigenvalue weighted by molar-refractivity contribution is -0.118. The molecule has 0 fully saturated rings. The van der Waals surface area contributed by atoms with Crippen molar-refractivity contribution in [1.29, 1.82) is 0 Å². The number of benzene rings is 2. The number of ether oxygens (including phenoxy) is 1. The third-order valence-corrected chi connectivity index (χ3v) is 3.46. The number of rotatable bonds is 7. The van der Waals surface area contributed by atoms with Gasteiger partial charge in [-0.15, -0.1) is 0 Å². The molecule has 0 unspecified atom stereocenters. The van der Waals surface area contributed by atoms with Gasteiger partial charge in [-0.3, -0.25) is 4.79 Å². The molecule has 0 radical (unpaired) electrons. The Hall–Kier alpha value is -2.69. The van der Waals surface area contributed by atoms with Crippen LogP contribution in [0.25, 0.3) is 0 Å². The highest BCUT2D eigenvalue weighted by Crippen LogP contribution is 2.16. The van der Waals surface area contributed by atoms with Crippen molar-refractivity contribution in [2.24, 2.45) is 0 Å². The fourth-order valence-electron chi connectivity index (χ4n) is 2.13. The van der Waals surface area contributed by atoms with Crippen LogP contribution >= 0.6 is 0 Å². The third-order valence-electron chi connectivity index (χ3n) is 3.46. The minimum atomic E-state index is -0.474. The standard InChI is InChI=1S/C19H20FNO3/c1-13-3-10-18(17(20)11-13)21-19(23)12-24-16-8-6-15(7-9-16)5-4-14(2)22/h3,6-11H,4-5,12H2,1-2H3,(H,21,23). The van der Waals surface area contributed by atoms with E-state index in [1.165, 1.54) is 12.1 Å². The normalized spacial score (nSPS) is 10.3. The second-order valence-corrected chi connectivity index (χ2v) is 5.67. The van der Waals surface area contributed by atoms with Crippen molar-refractivity contribution < 1.29 is 18.7 Å². The van der Waals surface area contributed by atoms with E-state index in [0.717, 1.165) is 11.1 Å². The Bertz CT molecular complexity index is 726. The summed E-state index contributed by atoms with van der Waals surface area (Å²) in [5.41, 5.74) is 1.95. The van der Waals surface area contributed by atoms with E-state index in [1.807, 2.05) is 12.1 Å². The van der Waals surface area contributed by atoms with Gasteiger partial charge in [0.2, 0.25) is 0 Å². The van der Waals surface area contributed by atoms with E-state index in [9.17, 15) is 14.0 Å². The first-order valence-electron chi connectivity index (χ1n) is 7.71. The van der Waals surface area contributed by atoms with Crippen molar-refractivity contribution in [3.05, 3.63) is 59.4 Å². The van der Waals surface area contributed by atoms with Crippen LogP contribution in [0, 0.1) is 12.7 Å². The molecule has 2 rings (SSSR count). The number of carbonyl (C=O) groups excluding carboxylic acids is 2. The maximum Gasteiger partial charge on any atom is 0.262 e. The minimum Gasteiger partial charge on any atom is -0.484 e. The van der Waals surface area contributed by atoms with Crippen LogP contribution < -0.4 is 10.1 Å². The summed E-state index contributed by atoms with van der Waals surface area (Å²) in [5.74, 6) is -0.215. The minimum absolute atomic E-state index is 0.133. The van der Waals surface area contributed by atoms with Gasteiger partial charge in [0.1, 0.15) is 17.3 Å². The van der Waals surface area contributed by atoms with Gasteiger partial charge in [-0.2, -0.15) is 0 Å². The molecule has 24 heavy (non-hydrogen) atoms. The summed E-state index contributed by atoms with van der Waals surface area (Å²) >= 11 is 0. The van der Waals surface area contributed by atoms with Gasteiger partial charge in [-0.25, -0.2) is 4.39 Å². The van der Waals surface area contributed by atoms with Crippen molar-refractivity contribution in [3.8, 4) is 5.75 Å². The van der Waals surface area contributed by atoms with Gasteiger partial charge in [-0.05, 0) is 55.7 Å². The van der Waals surface area contributed by atoms with Gasteiger partial charge < -0.3 is 14.8 Å². The van der Waals surface area contributed by atoms with Crippen LogP contribution in [0.2, 0.25) is 0 Å². The fraction of sp³-hybridized carbons (Fsp3) is 0.263. The molecule has 0 saturated heterocycles.